The maximum Gasteiger partial charge on any atom is 0.258 e. The summed E-state index contributed by atoms with van der Waals surface area (Å²) in [6.45, 7) is 3.43. The Balaban J connectivity index is 2.10. The Kier molecular flexibility index (Phi) is 4.01. The van der Waals surface area contributed by atoms with Crippen LogP contribution >= 0.6 is 15.9 Å². The van der Waals surface area contributed by atoms with Gasteiger partial charge in [-0.3, -0.25) is 4.79 Å². The van der Waals surface area contributed by atoms with E-state index in [1.165, 1.54) is 6.20 Å². The molecule has 0 radical (unpaired) electrons. The molecule has 0 saturated heterocycles. The summed E-state index contributed by atoms with van der Waals surface area (Å²) in [5, 5.41) is 19.1. The maximum absolute atomic E-state index is 12.5. The molecule has 0 aliphatic rings. The molecule has 0 fully saturated rings. The number of pyridine rings is 2. The molecule has 4 aromatic rings. The Morgan fingerprint density at radius 3 is 2.81 bits per heavy atom. The van der Waals surface area contributed by atoms with Crippen molar-refractivity contribution in [3.63, 3.8) is 0 Å². The summed E-state index contributed by atoms with van der Waals surface area (Å²) in [5.74, 6) is 1.71. The lowest BCUT2D eigenvalue weighted by Crippen LogP contribution is -2.11. The third kappa shape index (κ3) is 2.77. The number of H-pyrrole nitrogens is 1. The second kappa shape index (κ2) is 6.22. The van der Waals surface area contributed by atoms with Crippen molar-refractivity contribution < 1.29 is 9.63 Å². The van der Waals surface area contributed by atoms with Crippen LogP contribution in [0.2, 0.25) is 0 Å². The first-order valence-corrected chi connectivity index (χ1v) is 8.76. The molecule has 132 valence electrons. The van der Waals surface area contributed by atoms with Crippen LogP contribution in [0.4, 0.5) is 11.6 Å². The van der Waals surface area contributed by atoms with Crippen LogP contribution in [0.15, 0.2) is 44.3 Å². The van der Waals surface area contributed by atoms with Crippen molar-refractivity contribution in [2.45, 2.75) is 20.0 Å². The van der Waals surface area contributed by atoms with Gasteiger partial charge in [0.05, 0.1) is 17.0 Å². The minimum Gasteiger partial charge on any atom is -0.389 e. The monoisotopic (exact) mass is 414 g/mol. The molecule has 0 aliphatic carbocycles. The van der Waals surface area contributed by atoms with Crippen LogP contribution in [-0.2, 0) is 0 Å². The fourth-order valence-corrected chi connectivity index (χ4v) is 3.33. The van der Waals surface area contributed by atoms with Crippen LogP contribution in [-0.4, -0.2) is 20.2 Å². The maximum atomic E-state index is 12.5. The predicted molar refractivity (Wildman–Crippen MR) is 103 cm³/mol. The first-order chi connectivity index (χ1) is 12.4. The molecule has 3 N–H and O–H groups in total. The molecular formula is C18H15BrN4O3. The standard InChI is InChI=1S/C18H15BrN4O3/c1-8-5-14(23-26-8)21-17-11-4-3-10(19)6-12(11)15-16(22-17)13(9(2)24)7-20-18(15)25/h3-7,9,24H,1-2H3,(H,20,25)(H,21,22,23)/t9-/m1/s1. The van der Waals surface area contributed by atoms with Gasteiger partial charge >= 0.3 is 0 Å². The zero-order valence-electron chi connectivity index (χ0n) is 14.0. The molecule has 3 aromatic heterocycles. The molecule has 0 unspecified atom stereocenters. The number of aromatic nitrogens is 3. The van der Waals surface area contributed by atoms with Crippen LogP contribution in [0.3, 0.4) is 0 Å². The SMILES string of the molecule is Cc1cc(Nc2nc3c([C@@H](C)O)c[nH]c(=O)c3c3cc(Br)ccc23)no1. The fourth-order valence-electron chi connectivity index (χ4n) is 2.97. The normalized spacial score (nSPS) is 12.6. The van der Waals surface area contributed by atoms with Gasteiger partial charge in [0.1, 0.15) is 11.6 Å². The van der Waals surface area contributed by atoms with Gasteiger partial charge in [0, 0.05) is 33.1 Å². The average molecular weight is 415 g/mol. The molecule has 0 saturated carbocycles. The molecule has 1 atom stereocenters. The predicted octanol–water partition coefficient (Wildman–Crippen LogP) is 3.93. The fraction of sp³-hybridized carbons (Fsp3) is 0.167. The molecule has 3 heterocycles. The number of aromatic amines is 1. The first-order valence-electron chi connectivity index (χ1n) is 7.97. The van der Waals surface area contributed by atoms with Gasteiger partial charge in [0.15, 0.2) is 5.82 Å². The summed E-state index contributed by atoms with van der Waals surface area (Å²) >= 11 is 3.46. The number of anilines is 2. The number of nitrogens with one attached hydrogen (secondary N) is 2. The number of nitrogens with zero attached hydrogens (tertiary/aromatic N) is 2. The van der Waals surface area contributed by atoms with Crippen molar-refractivity contribution in [1.29, 1.82) is 0 Å². The summed E-state index contributed by atoms with van der Waals surface area (Å²) < 4.78 is 5.93. The third-order valence-electron chi connectivity index (χ3n) is 4.15. The summed E-state index contributed by atoms with van der Waals surface area (Å²) in [6, 6.07) is 7.36. The Hall–Kier alpha value is -2.71. The number of aliphatic hydroxyl groups is 1. The molecular weight excluding hydrogens is 400 g/mol. The lowest BCUT2D eigenvalue weighted by Gasteiger charge is -2.13. The van der Waals surface area contributed by atoms with E-state index in [-0.39, 0.29) is 5.56 Å². The molecule has 0 bridgehead atoms. The molecule has 8 heteroatoms. The van der Waals surface area contributed by atoms with Gasteiger partial charge in [0.2, 0.25) is 0 Å². The second-order valence-electron chi connectivity index (χ2n) is 6.07. The molecule has 0 aliphatic heterocycles. The van der Waals surface area contributed by atoms with Crippen LogP contribution < -0.4 is 10.9 Å². The number of halogens is 1. The first kappa shape index (κ1) is 16.7. The number of hydrogen-bond donors (Lipinski definition) is 3. The second-order valence-corrected chi connectivity index (χ2v) is 6.99. The minimum absolute atomic E-state index is 0.260. The van der Waals surface area contributed by atoms with Gasteiger partial charge in [-0.1, -0.05) is 21.1 Å². The summed E-state index contributed by atoms with van der Waals surface area (Å²) in [5.41, 5.74) is 0.724. The van der Waals surface area contributed by atoms with E-state index in [1.54, 1.807) is 19.9 Å². The molecule has 4 rings (SSSR count). The lowest BCUT2D eigenvalue weighted by molar-refractivity contribution is 0.200. The topological polar surface area (TPSA) is 104 Å². The van der Waals surface area contributed by atoms with Crippen molar-refractivity contribution in [3.05, 3.63) is 56.6 Å². The molecule has 7 nitrogen and oxygen atoms in total. The molecule has 1 aromatic carbocycles. The third-order valence-corrected chi connectivity index (χ3v) is 4.64. The van der Waals surface area contributed by atoms with E-state index in [1.807, 2.05) is 18.2 Å². The van der Waals surface area contributed by atoms with Crippen LogP contribution in [0, 0.1) is 6.92 Å². The smallest absolute Gasteiger partial charge is 0.258 e. The number of aryl methyl sites for hydroxylation is 1. The van der Waals surface area contributed by atoms with Gasteiger partial charge in [-0.25, -0.2) is 4.98 Å². The number of fused-ring (bicyclic) bond motifs is 3. The van der Waals surface area contributed by atoms with Crippen molar-refractivity contribution in [2.24, 2.45) is 0 Å². The van der Waals surface area contributed by atoms with Gasteiger partial charge in [-0.15, -0.1) is 0 Å². The van der Waals surface area contributed by atoms with E-state index in [9.17, 15) is 9.90 Å². The Bertz CT molecular complexity index is 1200. The highest BCUT2D eigenvalue weighted by Crippen LogP contribution is 2.33. The highest BCUT2D eigenvalue weighted by molar-refractivity contribution is 9.10. The summed E-state index contributed by atoms with van der Waals surface area (Å²) in [6.07, 6.45) is 0.713. The molecule has 26 heavy (non-hydrogen) atoms. The van der Waals surface area contributed by atoms with Crippen LogP contribution in [0.1, 0.15) is 24.4 Å². The number of aliphatic hydroxyl groups excluding tert-OH is 1. The zero-order chi connectivity index (χ0) is 18.4. The number of rotatable bonds is 3. The quantitative estimate of drug-likeness (QED) is 0.438. The summed E-state index contributed by atoms with van der Waals surface area (Å²) in [4.78, 5) is 19.8. The largest absolute Gasteiger partial charge is 0.389 e. The van der Waals surface area contributed by atoms with E-state index in [0.717, 1.165) is 15.2 Å². The van der Waals surface area contributed by atoms with E-state index >= 15 is 0 Å². The van der Waals surface area contributed by atoms with Crippen molar-refractivity contribution in [1.82, 2.24) is 15.1 Å². The van der Waals surface area contributed by atoms with Crippen molar-refractivity contribution in [2.75, 3.05) is 5.32 Å². The van der Waals surface area contributed by atoms with E-state index in [4.69, 9.17) is 4.52 Å². The summed E-state index contributed by atoms with van der Waals surface area (Å²) in [7, 11) is 0. The van der Waals surface area contributed by atoms with Gasteiger partial charge < -0.3 is 19.9 Å². The molecule has 0 amide bonds. The van der Waals surface area contributed by atoms with E-state index in [0.29, 0.717) is 33.9 Å². The van der Waals surface area contributed by atoms with Crippen molar-refractivity contribution >= 4 is 49.2 Å². The van der Waals surface area contributed by atoms with Gasteiger partial charge in [-0.05, 0) is 32.0 Å². The Labute approximate surface area is 156 Å². The Morgan fingerprint density at radius 2 is 2.12 bits per heavy atom. The van der Waals surface area contributed by atoms with Gasteiger partial charge in [0.25, 0.3) is 5.56 Å². The van der Waals surface area contributed by atoms with Gasteiger partial charge in [-0.2, -0.15) is 0 Å². The highest BCUT2D eigenvalue weighted by atomic mass is 79.9. The highest BCUT2D eigenvalue weighted by Gasteiger charge is 2.17. The number of hydrogen-bond acceptors (Lipinski definition) is 6. The van der Waals surface area contributed by atoms with Crippen LogP contribution in [0.5, 0.6) is 0 Å². The minimum atomic E-state index is -0.784. The van der Waals surface area contributed by atoms with Crippen molar-refractivity contribution in [3.8, 4) is 0 Å². The number of benzene rings is 1. The van der Waals surface area contributed by atoms with E-state index in [2.05, 4.69) is 36.4 Å². The van der Waals surface area contributed by atoms with E-state index < -0.39 is 6.10 Å². The zero-order valence-corrected chi connectivity index (χ0v) is 15.6. The Morgan fingerprint density at radius 1 is 1.31 bits per heavy atom. The van der Waals surface area contributed by atoms with Crippen LogP contribution in [0.25, 0.3) is 21.7 Å². The average Bonchev–Trinajstić information content (AvgIpc) is 2.99. The molecule has 0 spiro atoms. The lowest BCUT2D eigenvalue weighted by atomic mass is 10.0.